The molecule has 0 saturated heterocycles. The molecule has 1 aliphatic heterocycles. The number of fused-ring (bicyclic) bond motifs is 1. The molecule has 1 unspecified atom stereocenters. The minimum absolute atomic E-state index is 0.0285. The van der Waals surface area contributed by atoms with Crippen molar-refractivity contribution < 1.29 is 4.74 Å². The van der Waals surface area contributed by atoms with Crippen molar-refractivity contribution in [1.82, 2.24) is 5.43 Å². The van der Waals surface area contributed by atoms with E-state index in [0.717, 1.165) is 29.9 Å². The first-order valence-corrected chi connectivity index (χ1v) is 6.16. The summed E-state index contributed by atoms with van der Waals surface area (Å²) in [5, 5.41) is 0. The Morgan fingerprint density at radius 3 is 2.67 bits per heavy atom. The molecule has 3 rings (SSSR count). The fourth-order valence-corrected chi connectivity index (χ4v) is 2.48. The zero-order chi connectivity index (χ0) is 12.4. The van der Waals surface area contributed by atoms with Crippen molar-refractivity contribution in [3.8, 4) is 5.75 Å². The van der Waals surface area contributed by atoms with Gasteiger partial charge in [0.1, 0.15) is 5.75 Å². The van der Waals surface area contributed by atoms with Crippen molar-refractivity contribution in [2.24, 2.45) is 5.84 Å². The fourth-order valence-electron chi connectivity index (χ4n) is 2.48. The Morgan fingerprint density at radius 1 is 1.06 bits per heavy atom. The largest absolute Gasteiger partial charge is 0.493 e. The van der Waals surface area contributed by atoms with Gasteiger partial charge in [-0.3, -0.25) is 5.84 Å². The van der Waals surface area contributed by atoms with E-state index in [-0.39, 0.29) is 6.04 Å². The summed E-state index contributed by atoms with van der Waals surface area (Å²) in [5.41, 5.74) is 6.40. The quantitative estimate of drug-likeness (QED) is 0.638. The van der Waals surface area contributed by atoms with Crippen LogP contribution in [0.15, 0.2) is 48.5 Å². The van der Waals surface area contributed by atoms with E-state index in [0.29, 0.717) is 0 Å². The monoisotopic (exact) mass is 240 g/mol. The highest BCUT2D eigenvalue weighted by molar-refractivity contribution is 5.48. The molecule has 3 N–H and O–H groups in total. The second-order valence-corrected chi connectivity index (χ2v) is 4.44. The van der Waals surface area contributed by atoms with Gasteiger partial charge in [0.25, 0.3) is 0 Å². The standard InChI is InChI=1S/C15H16N2O/c16-17-14(11-5-2-1-3-6-11)13-8-4-7-12-9-10-18-15(12)13/h1-8,14,17H,9-10,16H2. The van der Waals surface area contributed by atoms with Gasteiger partial charge in [-0.25, -0.2) is 5.43 Å². The smallest absolute Gasteiger partial charge is 0.127 e. The van der Waals surface area contributed by atoms with Gasteiger partial charge in [0, 0.05) is 12.0 Å². The highest BCUT2D eigenvalue weighted by atomic mass is 16.5. The van der Waals surface area contributed by atoms with E-state index in [1.165, 1.54) is 5.56 Å². The predicted molar refractivity (Wildman–Crippen MR) is 71.2 cm³/mol. The summed E-state index contributed by atoms with van der Waals surface area (Å²) in [6, 6.07) is 16.4. The molecule has 2 aromatic rings. The SMILES string of the molecule is NNC(c1ccccc1)c1cccc2c1OCC2. The van der Waals surface area contributed by atoms with E-state index in [9.17, 15) is 0 Å². The highest BCUT2D eigenvalue weighted by Crippen LogP contribution is 2.35. The molecule has 0 aromatic heterocycles. The third-order valence-electron chi connectivity index (χ3n) is 3.36. The summed E-state index contributed by atoms with van der Waals surface area (Å²) in [5.74, 6) is 6.72. The molecule has 0 spiro atoms. The molecule has 3 heteroatoms. The molecule has 0 amide bonds. The number of rotatable bonds is 3. The highest BCUT2D eigenvalue weighted by Gasteiger charge is 2.22. The number of ether oxygens (including phenoxy) is 1. The molecule has 1 aliphatic rings. The normalized spacial score (nSPS) is 14.9. The van der Waals surface area contributed by atoms with Gasteiger partial charge in [0.2, 0.25) is 0 Å². The molecule has 0 radical (unpaired) electrons. The Bertz CT molecular complexity index is 539. The van der Waals surface area contributed by atoms with Gasteiger partial charge < -0.3 is 4.74 Å². The Kier molecular flexibility index (Phi) is 3.00. The van der Waals surface area contributed by atoms with E-state index in [2.05, 4.69) is 35.8 Å². The van der Waals surface area contributed by atoms with E-state index in [4.69, 9.17) is 10.6 Å². The first-order valence-electron chi connectivity index (χ1n) is 6.16. The van der Waals surface area contributed by atoms with Crippen LogP contribution in [0.4, 0.5) is 0 Å². The van der Waals surface area contributed by atoms with Gasteiger partial charge in [0.15, 0.2) is 0 Å². The van der Waals surface area contributed by atoms with Crippen LogP contribution in [0.3, 0.4) is 0 Å². The molecular formula is C15H16N2O. The zero-order valence-electron chi connectivity index (χ0n) is 10.1. The lowest BCUT2D eigenvalue weighted by molar-refractivity contribution is 0.350. The van der Waals surface area contributed by atoms with Gasteiger partial charge in [-0.1, -0.05) is 48.5 Å². The van der Waals surface area contributed by atoms with Crippen molar-refractivity contribution in [1.29, 1.82) is 0 Å². The summed E-state index contributed by atoms with van der Waals surface area (Å²) in [6.45, 7) is 0.762. The maximum Gasteiger partial charge on any atom is 0.127 e. The van der Waals surface area contributed by atoms with Crippen molar-refractivity contribution >= 4 is 0 Å². The third kappa shape index (κ3) is 1.88. The summed E-state index contributed by atoms with van der Waals surface area (Å²) in [4.78, 5) is 0. The van der Waals surface area contributed by atoms with Gasteiger partial charge >= 0.3 is 0 Å². The van der Waals surface area contributed by atoms with Crippen molar-refractivity contribution in [3.05, 3.63) is 65.2 Å². The van der Waals surface area contributed by atoms with E-state index in [1.807, 2.05) is 18.2 Å². The van der Waals surface area contributed by atoms with Crippen LogP contribution in [-0.4, -0.2) is 6.61 Å². The molecule has 0 fully saturated rings. The first-order chi connectivity index (χ1) is 8.90. The van der Waals surface area contributed by atoms with E-state index < -0.39 is 0 Å². The summed E-state index contributed by atoms with van der Waals surface area (Å²) in [7, 11) is 0. The Hall–Kier alpha value is -1.84. The van der Waals surface area contributed by atoms with Gasteiger partial charge in [-0.2, -0.15) is 0 Å². The van der Waals surface area contributed by atoms with Crippen LogP contribution < -0.4 is 16.0 Å². The number of nitrogens with two attached hydrogens (primary N) is 1. The lowest BCUT2D eigenvalue weighted by atomic mass is 9.96. The molecule has 1 heterocycles. The van der Waals surface area contributed by atoms with Crippen molar-refractivity contribution in [3.63, 3.8) is 0 Å². The third-order valence-corrected chi connectivity index (χ3v) is 3.36. The van der Waals surface area contributed by atoms with Gasteiger partial charge in [-0.15, -0.1) is 0 Å². The Morgan fingerprint density at radius 2 is 1.89 bits per heavy atom. The number of nitrogens with one attached hydrogen (secondary N) is 1. The first kappa shape index (κ1) is 11.3. The van der Waals surface area contributed by atoms with Gasteiger partial charge in [-0.05, 0) is 11.1 Å². The molecule has 2 aromatic carbocycles. The molecule has 0 bridgehead atoms. The summed E-state index contributed by atoms with van der Waals surface area (Å²) < 4.78 is 5.74. The minimum atomic E-state index is -0.0285. The fraction of sp³-hybridized carbons (Fsp3) is 0.200. The molecule has 18 heavy (non-hydrogen) atoms. The summed E-state index contributed by atoms with van der Waals surface area (Å²) >= 11 is 0. The summed E-state index contributed by atoms with van der Waals surface area (Å²) in [6.07, 6.45) is 0.981. The minimum Gasteiger partial charge on any atom is -0.493 e. The van der Waals surface area contributed by atoms with Crippen LogP contribution >= 0.6 is 0 Å². The second kappa shape index (κ2) is 4.80. The Balaban J connectivity index is 2.05. The molecule has 92 valence electrons. The number of hydrogen-bond donors (Lipinski definition) is 2. The molecule has 0 saturated carbocycles. The van der Waals surface area contributed by atoms with Crippen LogP contribution in [0.5, 0.6) is 5.75 Å². The van der Waals surface area contributed by atoms with Crippen LogP contribution in [0, 0.1) is 0 Å². The second-order valence-electron chi connectivity index (χ2n) is 4.44. The van der Waals surface area contributed by atoms with Gasteiger partial charge in [0.05, 0.1) is 12.6 Å². The average molecular weight is 240 g/mol. The molecule has 0 aliphatic carbocycles. The van der Waals surface area contributed by atoms with Crippen LogP contribution in [-0.2, 0) is 6.42 Å². The number of para-hydroxylation sites is 1. The Labute approximate surface area is 107 Å². The topological polar surface area (TPSA) is 47.3 Å². The van der Waals surface area contributed by atoms with E-state index >= 15 is 0 Å². The number of hydrazine groups is 1. The maximum absolute atomic E-state index is 5.74. The van der Waals surface area contributed by atoms with Crippen molar-refractivity contribution in [2.45, 2.75) is 12.5 Å². The van der Waals surface area contributed by atoms with Crippen LogP contribution in [0.1, 0.15) is 22.7 Å². The predicted octanol–water partition coefficient (Wildman–Crippen LogP) is 2.17. The number of hydrogen-bond acceptors (Lipinski definition) is 3. The lowest BCUT2D eigenvalue weighted by Gasteiger charge is -2.19. The van der Waals surface area contributed by atoms with Crippen molar-refractivity contribution in [2.75, 3.05) is 6.61 Å². The average Bonchev–Trinajstić information content (AvgIpc) is 2.90. The lowest BCUT2D eigenvalue weighted by Crippen LogP contribution is -2.29. The van der Waals surface area contributed by atoms with E-state index in [1.54, 1.807) is 0 Å². The molecular weight excluding hydrogens is 224 g/mol. The molecule has 1 atom stereocenters. The maximum atomic E-state index is 5.74. The number of benzene rings is 2. The van der Waals surface area contributed by atoms with Crippen LogP contribution in [0.25, 0.3) is 0 Å². The zero-order valence-corrected chi connectivity index (χ0v) is 10.1. The van der Waals surface area contributed by atoms with Crippen LogP contribution in [0.2, 0.25) is 0 Å². The molecule has 3 nitrogen and oxygen atoms in total.